The van der Waals surface area contributed by atoms with E-state index < -0.39 is 0 Å². The summed E-state index contributed by atoms with van der Waals surface area (Å²) in [5.74, 6) is 1.99. The number of piperidine rings is 1. The number of hydrogen-bond acceptors (Lipinski definition) is 4. The Bertz CT molecular complexity index is 587. The van der Waals surface area contributed by atoms with Crippen molar-refractivity contribution >= 4 is 16.7 Å². The van der Waals surface area contributed by atoms with Crippen LogP contribution in [-0.4, -0.2) is 46.4 Å². The van der Waals surface area contributed by atoms with Crippen molar-refractivity contribution in [3.05, 3.63) is 18.2 Å². The second-order valence-corrected chi connectivity index (χ2v) is 6.11. The molecule has 0 saturated carbocycles. The summed E-state index contributed by atoms with van der Waals surface area (Å²) >= 11 is 0. The van der Waals surface area contributed by atoms with Gasteiger partial charge in [0.1, 0.15) is 5.75 Å². The number of aromatic hydroxyl groups is 1. The number of anilines is 1. The van der Waals surface area contributed by atoms with E-state index in [1.54, 1.807) is 12.1 Å². The van der Waals surface area contributed by atoms with Gasteiger partial charge in [-0.25, -0.2) is 0 Å². The summed E-state index contributed by atoms with van der Waals surface area (Å²) in [5, 5.41) is 21.1. The Morgan fingerprint density at radius 2 is 2.19 bits per heavy atom. The Morgan fingerprint density at radius 3 is 3.00 bits per heavy atom. The van der Waals surface area contributed by atoms with E-state index in [0.717, 1.165) is 42.1 Å². The first-order valence-electron chi connectivity index (χ1n) is 7.85. The number of benzene rings is 1. The molecular formula is C16H24N4O. The third kappa shape index (κ3) is 3.47. The Kier molecular flexibility index (Phi) is 4.29. The fourth-order valence-electron chi connectivity index (χ4n) is 2.93. The smallest absolute Gasteiger partial charge is 0.155 e. The standard InChI is InChI=1S/C16H24N4O/c1-12-5-9-20(10-6-12)8-2-7-17-16-14-11-13(21)3-4-15(14)18-19-16/h3-4,11-12,21H,2,5-10H2,1H3,(H2,17,18,19). The van der Waals surface area contributed by atoms with Crippen molar-refractivity contribution < 1.29 is 5.11 Å². The third-order valence-electron chi connectivity index (χ3n) is 4.37. The van der Waals surface area contributed by atoms with E-state index in [2.05, 4.69) is 27.3 Å². The lowest BCUT2D eigenvalue weighted by molar-refractivity contribution is 0.192. The normalized spacial score (nSPS) is 17.4. The number of H-pyrrole nitrogens is 1. The average molecular weight is 288 g/mol. The number of nitrogens with zero attached hydrogens (tertiary/aromatic N) is 2. The molecule has 1 saturated heterocycles. The summed E-state index contributed by atoms with van der Waals surface area (Å²) < 4.78 is 0. The summed E-state index contributed by atoms with van der Waals surface area (Å²) in [5.41, 5.74) is 0.945. The number of phenols is 1. The first-order chi connectivity index (χ1) is 10.2. The molecule has 0 aliphatic carbocycles. The van der Waals surface area contributed by atoms with Crippen molar-refractivity contribution in [2.24, 2.45) is 5.92 Å². The van der Waals surface area contributed by atoms with Crippen LogP contribution in [0.1, 0.15) is 26.2 Å². The molecule has 0 bridgehead atoms. The quantitative estimate of drug-likeness (QED) is 0.740. The number of aromatic amines is 1. The fourth-order valence-corrected chi connectivity index (χ4v) is 2.93. The van der Waals surface area contributed by atoms with Crippen LogP contribution in [0.4, 0.5) is 5.82 Å². The second-order valence-electron chi connectivity index (χ2n) is 6.11. The maximum atomic E-state index is 9.56. The van der Waals surface area contributed by atoms with Gasteiger partial charge in [0.15, 0.2) is 5.82 Å². The largest absolute Gasteiger partial charge is 0.508 e. The van der Waals surface area contributed by atoms with Gasteiger partial charge in [0.25, 0.3) is 0 Å². The molecule has 3 rings (SSSR count). The molecule has 114 valence electrons. The molecule has 2 heterocycles. The summed E-state index contributed by atoms with van der Waals surface area (Å²) in [6.45, 7) is 6.87. The van der Waals surface area contributed by atoms with E-state index in [0.29, 0.717) is 0 Å². The number of likely N-dealkylation sites (tertiary alicyclic amines) is 1. The number of rotatable bonds is 5. The minimum absolute atomic E-state index is 0.273. The lowest BCUT2D eigenvalue weighted by Crippen LogP contribution is -2.34. The van der Waals surface area contributed by atoms with Gasteiger partial charge in [-0.3, -0.25) is 5.10 Å². The van der Waals surface area contributed by atoms with Gasteiger partial charge in [0.2, 0.25) is 0 Å². The van der Waals surface area contributed by atoms with E-state index in [9.17, 15) is 5.11 Å². The third-order valence-corrected chi connectivity index (χ3v) is 4.37. The summed E-state index contributed by atoms with van der Waals surface area (Å²) in [7, 11) is 0. The van der Waals surface area contributed by atoms with Gasteiger partial charge in [-0.1, -0.05) is 6.92 Å². The lowest BCUT2D eigenvalue weighted by Gasteiger charge is -2.30. The van der Waals surface area contributed by atoms with Crippen LogP contribution < -0.4 is 5.32 Å². The van der Waals surface area contributed by atoms with E-state index in [1.807, 2.05) is 6.07 Å². The fraction of sp³-hybridized carbons (Fsp3) is 0.562. The summed E-state index contributed by atoms with van der Waals surface area (Å²) in [6, 6.07) is 5.26. The number of nitrogens with one attached hydrogen (secondary N) is 2. The summed E-state index contributed by atoms with van der Waals surface area (Å²) in [4.78, 5) is 2.55. The first-order valence-corrected chi connectivity index (χ1v) is 7.85. The Balaban J connectivity index is 1.47. The average Bonchev–Trinajstić information content (AvgIpc) is 2.88. The highest BCUT2D eigenvalue weighted by atomic mass is 16.3. The van der Waals surface area contributed by atoms with Gasteiger partial charge in [-0.05, 0) is 63.0 Å². The van der Waals surface area contributed by atoms with Crippen LogP contribution in [0, 0.1) is 5.92 Å². The van der Waals surface area contributed by atoms with Crippen molar-refractivity contribution in [1.29, 1.82) is 0 Å². The molecule has 2 aromatic rings. The SMILES string of the molecule is CC1CCN(CCCNc2n[nH]c3ccc(O)cc23)CC1. The minimum atomic E-state index is 0.273. The van der Waals surface area contributed by atoms with Gasteiger partial charge in [-0.15, -0.1) is 0 Å². The van der Waals surface area contributed by atoms with Crippen LogP contribution in [0.5, 0.6) is 5.75 Å². The number of fused-ring (bicyclic) bond motifs is 1. The van der Waals surface area contributed by atoms with Crippen LogP contribution >= 0.6 is 0 Å². The van der Waals surface area contributed by atoms with Gasteiger partial charge >= 0.3 is 0 Å². The molecule has 3 N–H and O–H groups in total. The molecule has 0 radical (unpaired) electrons. The molecule has 5 nitrogen and oxygen atoms in total. The van der Waals surface area contributed by atoms with E-state index >= 15 is 0 Å². The zero-order valence-electron chi connectivity index (χ0n) is 12.6. The maximum Gasteiger partial charge on any atom is 0.155 e. The van der Waals surface area contributed by atoms with Crippen LogP contribution in [0.25, 0.3) is 10.9 Å². The van der Waals surface area contributed by atoms with E-state index in [-0.39, 0.29) is 5.75 Å². The monoisotopic (exact) mass is 288 g/mol. The van der Waals surface area contributed by atoms with Crippen LogP contribution in [-0.2, 0) is 0 Å². The predicted molar refractivity (Wildman–Crippen MR) is 85.7 cm³/mol. The zero-order chi connectivity index (χ0) is 14.7. The topological polar surface area (TPSA) is 64.2 Å². The Morgan fingerprint density at radius 1 is 1.38 bits per heavy atom. The van der Waals surface area contributed by atoms with Gasteiger partial charge in [0.05, 0.1) is 5.52 Å². The summed E-state index contributed by atoms with van der Waals surface area (Å²) in [6.07, 6.45) is 3.77. The van der Waals surface area contributed by atoms with E-state index in [4.69, 9.17) is 0 Å². The van der Waals surface area contributed by atoms with Gasteiger partial charge in [-0.2, -0.15) is 5.10 Å². The lowest BCUT2D eigenvalue weighted by atomic mass is 9.99. The Hall–Kier alpha value is -1.75. The molecule has 21 heavy (non-hydrogen) atoms. The zero-order valence-corrected chi connectivity index (χ0v) is 12.6. The first kappa shape index (κ1) is 14.2. The Labute approximate surface area is 125 Å². The van der Waals surface area contributed by atoms with Crippen molar-refractivity contribution in [2.75, 3.05) is 31.5 Å². The molecule has 1 aromatic carbocycles. The molecule has 0 unspecified atom stereocenters. The molecule has 0 amide bonds. The van der Waals surface area contributed by atoms with Crippen molar-refractivity contribution in [3.8, 4) is 5.75 Å². The van der Waals surface area contributed by atoms with Crippen LogP contribution in [0.15, 0.2) is 18.2 Å². The second kappa shape index (κ2) is 6.35. The van der Waals surface area contributed by atoms with E-state index in [1.165, 1.54) is 25.9 Å². The van der Waals surface area contributed by atoms with Crippen molar-refractivity contribution in [1.82, 2.24) is 15.1 Å². The van der Waals surface area contributed by atoms with Crippen LogP contribution in [0.2, 0.25) is 0 Å². The highest BCUT2D eigenvalue weighted by molar-refractivity contribution is 5.90. The van der Waals surface area contributed by atoms with Gasteiger partial charge in [0, 0.05) is 11.9 Å². The van der Waals surface area contributed by atoms with Crippen LogP contribution in [0.3, 0.4) is 0 Å². The number of hydrogen-bond donors (Lipinski definition) is 3. The molecule has 1 aliphatic rings. The number of aromatic nitrogens is 2. The van der Waals surface area contributed by atoms with Gasteiger partial charge < -0.3 is 15.3 Å². The minimum Gasteiger partial charge on any atom is -0.508 e. The molecular weight excluding hydrogens is 264 g/mol. The molecule has 0 spiro atoms. The van der Waals surface area contributed by atoms with Crippen molar-refractivity contribution in [3.63, 3.8) is 0 Å². The molecule has 5 heteroatoms. The molecule has 1 fully saturated rings. The maximum absolute atomic E-state index is 9.56. The predicted octanol–water partition coefficient (Wildman–Crippen LogP) is 2.80. The highest BCUT2D eigenvalue weighted by Gasteiger charge is 2.14. The molecule has 1 aliphatic heterocycles. The molecule has 0 atom stereocenters. The van der Waals surface area contributed by atoms with Crippen molar-refractivity contribution in [2.45, 2.75) is 26.2 Å². The highest BCUT2D eigenvalue weighted by Crippen LogP contribution is 2.24. The number of phenolic OH excluding ortho intramolecular Hbond substituents is 1. The molecule has 1 aromatic heterocycles.